The predicted molar refractivity (Wildman–Crippen MR) is 53.3 cm³/mol. The summed E-state index contributed by atoms with van der Waals surface area (Å²) in [5.41, 5.74) is 4.90. The molecule has 0 spiro atoms. The minimum absolute atomic E-state index is 1.25. The van der Waals surface area contributed by atoms with Crippen molar-refractivity contribution in [2.24, 2.45) is 0 Å². The van der Waals surface area contributed by atoms with Crippen molar-refractivity contribution in [1.29, 1.82) is 0 Å². The van der Waals surface area contributed by atoms with Crippen LogP contribution in [0.4, 0.5) is 0 Å². The number of hydrogen-bond donors (Lipinski definition) is 0. The molecule has 0 aromatic heterocycles. The molecule has 0 atom stereocenters. The van der Waals surface area contributed by atoms with E-state index in [1.165, 1.54) is 6.42 Å². The zero-order chi connectivity index (χ0) is 9.52. The van der Waals surface area contributed by atoms with Gasteiger partial charge in [-0.05, 0) is 0 Å². The Morgan fingerprint density at radius 2 is 1.42 bits per heavy atom. The Hall–Kier alpha value is 0.350. The van der Waals surface area contributed by atoms with Crippen LogP contribution in [0.1, 0.15) is 27.2 Å². The fourth-order valence-corrected chi connectivity index (χ4v) is 12.1. The Bertz CT molecular complexity index is 261. The zero-order valence-corrected chi connectivity index (χ0v) is 12.8. The summed E-state index contributed by atoms with van der Waals surface area (Å²) in [4.78, 5) is 0. The van der Waals surface area contributed by atoms with Gasteiger partial charge < -0.3 is 0 Å². The van der Waals surface area contributed by atoms with Crippen LogP contribution in [-0.2, 0) is 20.0 Å². The first-order chi connectivity index (χ1) is 5.34. The van der Waals surface area contributed by atoms with Crippen LogP contribution < -0.4 is 0 Å². The Balaban J connectivity index is 3.12. The quantitative estimate of drug-likeness (QED) is 0.629. The second-order valence-corrected chi connectivity index (χ2v) is 23.0. The fraction of sp³-hybridized carbons (Fsp3) is 0.636. The van der Waals surface area contributed by atoms with Gasteiger partial charge in [-0.15, -0.1) is 0 Å². The van der Waals surface area contributed by atoms with Gasteiger partial charge in [0.2, 0.25) is 0 Å². The van der Waals surface area contributed by atoms with Crippen LogP contribution in [0.25, 0.3) is 0 Å². The molecule has 0 fully saturated rings. The van der Waals surface area contributed by atoms with Gasteiger partial charge in [0.05, 0.1) is 0 Å². The molecule has 68 valence electrons. The summed E-state index contributed by atoms with van der Waals surface area (Å²) in [5.74, 6) is 0. The third-order valence-corrected chi connectivity index (χ3v) is 11.0. The van der Waals surface area contributed by atoms with Crippen molar-refractivity contribution in [3.8, 4) is 0 Å². The maximum absolute atomic E-state index is 2.52. The van der Waals surface area contributed by atoms with Crippen molar-refractivity contribution < 1.29 is 20.0 Å². The van der Waals surface area contributed by atoms with E-state index >= 15 is 0 Å². The number of hydrogen-bond acceptors (Lipinski definition) is 0. The summed E-state index contributed by atoms with van der Waals surface area (Å²) in [6, 6.07) is 0. The molecule has 0 saturated carbocycles. The molecule has 0 nitrogen and oxygen atoms in total. The van der Waals surface area contributed by atoms with E-state index in [0.717, 1.165) is 0 Å². The van der Waals surface area contributed by atoms with Gasteiger partial charge in [0, 0.05) is 0 Å². The van der Waals surface area contributed by atoms with Gasteiger partial charge in [-0.2, -0.15) is 0 Å². The van der Waals surface area contributed by atoms with Gasteiger partial charge >= 0.3 is 81.3 Å². The number of allylic oxidation sites excluding steroid dienone is 4. The van der Waals surface area contributed by atoms with Crippen LogP contribution >= 0.6 is 0 Å². The molecule has 0 heterocycles. The zero-order valence-electron chi connectivity index (χ0n) is 9.21. The SMILES string of the molecule is CC1=C(C)[C]([Hf]([CH3])([CH3])[CH3])=C(C)C1. The third kappa shape index (κ3) is 1.81. The van der Waals surface area contributed by atoms with E-state index in [-0.39, 0.29) is 0 Å². The van der Waals surface area contributed by atoms with Crippen molar-refractivity contribution in [1.82, 2.24) is 0 Å². The Labute approximate surface area is 81.1 Å². The number of rotatable bonds is 1. The Morgan fingerprint density at radius 3 is 1.58 bits per heavy atom. The van der Waals surface area contributed by atoms with Gasteiger partial charge in [-0.1, -0.05) is 0 Å². The van der Waals surface area contributed by atoms with Gasteiger partial charge in [0.15, 0.2) is 0 Å². The summed E-state index contributed by atoms with van der Waals surface area (Å²) in [7, 11) is 0. The van der Waals surface area contributed by atoms with Gasteiger partial charge in [-0.3, -0.25) is 0 Å². The molecule has 1 aliphatic rings. The molecule has 1 heteroatoms. The first-order valence-electron chi connectivity index (χ1n) is 4.71. The van der Waals surface area contributed by atoms with Crippen molar-refractivity contribution in [3.05, 3.63) is 20.0 Å². The van der Waals surface area contributed by atoms with Crippen molar-refractivity contribution in [2.75, 3.05) is 0 Å². The normalized spacial score (nSPS) is 19.5. The van der Waals surface area contributed by atoms with Crippen LogP contribution in [0.5, 0.6) is 0 Å². The summed E-state index contributed by atoms with van der Waals surface area (Å²) in [5, 5.41) is 0. The van der Waals surface area contributed by atoms with Crippen LogP contribution in [0.3, 0.4) is 0 Å². The molecule has 0 bridgehead atoms. The predicted octanol–water partition coefficient (Wildman–Crippen LogP) is 4.30. The van der Waals surface area contributed by atoms with E-state index in [0.29, 0.717) is 0 Å². The van der Waals surface area contributed by atoms with E-state index in [2.05, 4.69) is 34.8 Å². The van der Waals surface area contributed by atoms with Crippen LogP contribution in [-0.4, -0.2) is 0 Å². The first-order valence-corrected chi connectivity index (χ1v) is 17.3. The third-order valence-electron chi connectivity index (χ3n) is 2.72. The molecule has 0 aliphatic heterocycles. The average molecular weight is 331 g/mol. The molecule has 0 aromatic carbocycles. The van der Waals surface area contributed by atoms with Gasteiger partial charge in [-0.25, -0.2) is 0 Å². The summed E-state index contributed by atoms with van der Waals surface area (Å²) >= 11 is -1.91. The minimum atomic E-state index is -1.91. The standard InChI is InChI=1S/C8H11.3CH3.Hf/c1-6-4-7(2)8(3)5-6;;;;/h4H2,1-3H3;3*1H3;. The molecule has 1 aliphatic carbocycles. The van der Waals surface area contributed by atoms with Crippen molar-refractivity contribution >= 4 is 0 Å². The van der Waals surface area contributed by atoms with E-state index < -0.39 is 20.0 Å². The molecule has 1 rings (SSSR count). The molecule has 0 aromatic rings. The maximum atomic E-state index is 2.52. The van der Waals surface area contributed by atoms with Crippen LogP contribution in [0.15, 0.2) is 20.0 Å². The molecule has 0 N–H and O–H groups in total. The molecule has 0 saturated heterocycles. The molecule has 12 heavy (non-hydrogen) atoms. The summed E-state index contributed by atoms with van der Waals surface area (Å²) in [6.07, 6.45) is 1.25. The first kappa shape index (κ1) is 10.4. The van der Waals surface area contributed by atoms with Crippen molar-refractivity contribution in [3.63, 3.8) is 0 Å². The monoisotopic (exact) mass is 332 g/mol. The topological polar surface area (TPSA) is 0 Å². The Morgan fingerprint density at radius 1 is 0.917 bits per heavy atom. The second kappa shape index (κ2) is 3.25. The molecule has 0 amide bonds. The van der Waals surface area contributed by atoms with E-state index in [1.54, 1.807) is 20.0 Å². The van der Waals surface area contributed by atoms with Crippen LogP contribution in [0, 0.1) is 0 Å². The van der Waals surface area contributed by atoms with E-state index in [4.69, 9.17) is 0 Å². The molecular weight excluding hydrogens is 311 g/mol. The average Bonchev–Trinajstić information content (AvgIpc) is 2.05. The van der Waals surface area contributed by atoms with E-state index in [1.807, 2.05) is 0 Å². The fourth-order valence-electron chi connectivity index (χ4n) is 2.35. The van der Waals surface area contributed by atoms with Gasteiger partial charge in [0.25, 0.3) is 0 Å². The molecular formula is C11H20Hf. The summed E-state index contributed by atoms with van der Waals surface area (Å²) in [6.45, 7) is 6.92. The van der Waals surface area contributed by atoms with Crippen LogP contribution in [0.2, 0.25) is 14.0 Å². The molecule has 0 unspecified atom stereocenters. The van der Waals surface area contributed by atoms with Crippen molar-refractivity contribution in [2.45, 2.75) is 41.2 Å². The van der Waals surface area contributed by atoms with Gasteiger partial charge in [0.1, 0.15) is 0 Å². The summed E-state index contributed by atoms with van der Waals surface area (Å²) < 4.78 is 9.37. The molecule has 0 radical (unpaired) electrons. The van der Waals surface area contributed by atoms with E-state index in [9.17, 15) is 0 Å². The second-order valence-electron chi connectivity index (χ2n) is 4.99. The Kier molecular flexibility index (Phi) is 2.82.